The Hall–Kier alpha value is -1.42. The number of carbonyl (C=O) groups is 1. The second-order valence-electron chi connectivity index (χ2n) is 3.72. The lowest BCUT2D eigenvalue weighted by molar-refractivity contribution is -0.121. The standard InChI is InChI=1S/C12H13NO2S/c1-3-10(14)8(2)13-6-4-11-9(12(13)15)5-7-16-11/h4-8H,3H2,1-2H3. The van der Waals surface area contributed by atoms with Crippen LogP contribution in [0.15, 0.2) is 28.5 Å². The number of fused-ring (bicyclic) bond motifs is 1. The largest absolute Gasteiger partial charge is 0.305 e. The van der Waals surface area contributed by atoms with Gasteiger partial charge in [-0.15, -0.1) is 11.3 Å². The number of thiophene rings is 1. The first-order valence-corrected chi connectivity index (χ1v) is 6.14. The summed E-state index contributed by atoms with van der Waals surface area (Å²) in [4.78, 5) is 23.7. The van der Waals surface area contributed by atoms with Gasteiger partial charge in [0.15, 0.2) is 5.78 Å². The van der Waals surface area contributed by atoms with Gasteiger partial charge < -0.3 is 4.57 Å². The van der Waals surface area contributed by atoms with Crippen LogP contribution in [-0.2, 0) is 4.79 Å². The zero-order valence-corrected chi connectivity index (χ0v) is 10.1. The molecule has 0 spiro atoms. The SMILES string of the molecule is CCC(=O)C(C)n1ccc2sccc2c1=O. The van der Waals surface area contributed by atoms with Crippen molar-refractivity contribution >= 4 is 27.2 Å². The van der Waals surface area contributed by atoms with Crippen molar-refractivity contribution in [2.45, 2.75) is 26.3 Å². The second kappa shape index (κ2) is 4.22. The van der Waals surface area contributed by atoms with Crippen LogP contribution in [-0.4, -0.2) is 10.4 Å². The quantitative estimate of drug-likeness (QED) is 0.820. The number of aromatic nitrogens is 1. The summed E-state index contributed by atoms with van der Waals surface area (Å²) in [5, 5.41) is 2.59. The molecule has 3 nitrogen and oxygen atoms in total. The molecule has 0 aliphatic heterocycles. The van der Waals surface area contributed by atoms with Crippen LogP contribution in [0, 0.1) is 0 Å². The van der Waals surface area contributed by atoms with Crippen LogP contribution in [0.1, 0.15) is 26.3 Å². The summed E-state index contributed by atoms with van der Waals surface area (Å²) >= 11 is 1.54. The molecular formula is C12H13NO2S. The van der Waals surface area contributed by atoms with E-state index in [2.05, 4.69) is 0 Å². The molecule has 2 rings (SSSR count). The summed E-state index contributed by atoms with van der Waals surface area (Å²) in [5.74, 6) is 0.0803. The molecule has 0 radical (unpaired) electrons. The molecule has 0 aliphatic carbocycles. The van der Waals surface area contributed by atoms with Crippen molar-refractivity contribution in [1.29, 1.82) is 0 Å². The molecule has 1 unspecified atom stereocenters. The van der Waals surface area contributed by atoms with Crippen molar-refractivity contribution in [2.24, 2.45) is 0 Å². The highest BCUT2D eigenvalue weighted by molar-refractivity contribution is 7.17. The number of rotatable bonds is 3. The van der Waals surface area contributed by atoms with Gasteiger partial charge in [0.1, 0.15) is 0 Å². The lowest BCUT2D eigenvalue weighted by Gasteiger charge is -2.12. The number of ketones is 1. The Morgan fingerprint density at radius 2 is 2.25 bits per heavy atom. The summed E-state index contributed by atoms with van der Waals surface area (Å²) in [6.07, 6.45) is 2.16. The Kier molecular flexibility index (Phi) is 2.92. The Balaban J connectivity index is 2.57. The molecule has 16 heavy (non-hydrogen) atoms. The fourth-order valence-corrected chi connectivity index (χ4v) is 2.51. The summed E-state index contributed by atoms with van der Waals surface area (Å²) in [6, 6.07) is 3.32. The molecule has 2 aromatic heterocycles. The molecule has 0 saturated heterocycles. The maximum atomic E-state index is 12.1. The summed E-state index contributed by atoms with van der Waals surface area (Å²) in [5.41, 5.74) is -0.0759. The van der Waals surface area contributed by atoms with Crippen LogP contribution < -0.4 is 5.56 Å². The smallest absolute Gasteiger partial charge is 0.259 e. The van der Waals surface area contributed by atoms with Crippen LogP contribution >= 0.6 is 11.3 Å². The average molecular weight is 235 g/mol. The Morgan fingerprint density at radius 1 is 1.50 bits per heavy atom. The predicted octanol–water partition coefficient (Wildman–Crippen LogP) is 2.60. The van der Waals surface area contributed by atoms with Crippen molar-refractivity contribution < 1.29 is 4.79 Å². The topological polar surface area (TPSA) is 39.1 Å². The molecule has 0 N–H and O–H groups in total. The Morgan fingerprint density at radius 3 is 2.94 bits per heavy atom. The minimum Gasteiger partial charge on any atom is -0.305 e. The van der Waals surface area contributed by atoms with Gasteiger partial charge >= 0.3 is 0 Å². The van der Waals surface area contributed by atoms with Crippen molar-refractivity contribution in [3.63, 3.8) is 0 Å². The van der Waals surface area contributed by atoms with Gasteiger partial charge in [0, 0.05) is 17.3 Å². The van der Waals surface area contributed by atoms with Crippen LogP contribution in [0.3, 0.4) is 0 Å². The molecule has 0 bridgehead atoms. The fourth-order valence-electron chi connectivity index (χ4n) is 1.74. The molecular weight excluding hydrogens is 222 g/mol. The van der Waals surface area contributed by atoms with E-state index in [-0.39, 0.29) is 17.4 Å². The van der Waals surface area contributed by atoms with E-state index in [4.69, 9.17) is 0 Å². The Labute approximate surface area is 97.3 Å². The van der Waals surface area contributed by atoms with Crippen LogP contribution in [0.5, 0.6) is 0 Å². The average Bonchev–Trinajstić information content (AvgIpc) is 2.76. The number of hydrogen-bond donors (Lipinski definition) is 0. The van der Waals surface area contributed by atoms with E-state index in [1.807, 2.05) is 24.4 Å². The minimum absolute atomic E-state index is 0.0759. The van der Waals surface area contributed by atoms with Crippen LogP contribution in [0.4, 0.5) is 0 Å². The van der Waals surface area contributed by atoms with Gasteiger partial charge in [-0.05, 0) is 24.4 Å². The molecule has 2 heterocycles. The zero-order valence-electron chi connectivity index (χ0n) is 9.27. The van der Waals surface area contributed by atoms with Gasteiger partial charge in [-0.25, -0.2) is 0 Å². The highest BCUT2D eigenvalue weighted by Crippen LogP contribution is 2.18. The maximum Gasteiger partial charge on any atom is 0.259 e. The lowest BCUT2D eigenvalue weighted by atomic mass is 10.1. The van der Waals surface area contributed by atoms with Crippen LogP contribution in [0.25, 0.3) is 10.1 Å². The van der Waals surface area contributed by atoms with Gasteiger partial charge in [-0.3, -0.25) is 9.59 Å². The Bertz CT molecular complexity index is 582. The van der Waals surface area contributed by atoms with Gasteiger partial charge in [-0.1, -0.05) is 6.92 Å². The van der Waals surface area contributed by atoms with Crippen molar-refractivity contribution in [2.75, 3.05) is 0 Å². The monoisotopic (exact) mass is 235 g/mol. The summed E-state index contributed by atoms with van der Waals surface area (Å²) in [7, 11) is 0. The lowest BCUT2D eigenvalue weighted by Crippen LogP contribution is -2.27. The minimum atomic E-state index is -0.373. The van der Waals surface area contributed by atoms with E-state index in [0.717, 1.165) is 4.70 Å². The first-order chi connectivity index (χ1) is 7.65. The molecule has 0 amide bonds. The highest BCUT2D eigenvalue weighted by Gasteiger charge is 2.15. The zero-order chi connectivity index (χ0) is 11.7. The van der Waals surface area contributed by atoms with E-state index < -0.39 is 0 Å². The number of Topliss-reactive ketones (excluding diaryl/α,β-unsaturated/α-hetero) is 1. The first-order valence-electron chi connectivity index (χ1n) is 5.26. The van der Waals surface area contributed by atoms with E-state index >= 15 is 0 Å². The third-order valence-corrected chi connectivity index (χ3v) is 3.66. The number of nitrogens with zero attached hydrogens (tertiary/aromatic N) is 1. The number of pyridine rings is 1. The maximum absolute atomic E-state index is 12.1. The molecule has 0 fully saturated rings. The molecule has 0 aromatic carbocycles. The predicted molar refractivity (Wildman–Crippen MR) is 66.1 cm³/mol. The highest BCUT2D eigenvalue weighted by atomic mass is 32.1. The van der Waals surface area contributed by atoms with Gasteiger partial charge in [0.05, 0.1) is 11.4 Å². The third kappa shape index (κ3) is 1.69. The van der Waals surface area contributed by atoms with Crippen molar-refractivity contribution in [3.8, 4) is 0 Å². The number of carbonyl (C=O) groups excluding carboxylic acids is 1. The van der Waals surface area contributed by atoms with Gasteiger partial charge in [0.25, 0.3) is 5.56 Å². The van der Waals surface area contributed by atoms with E-state index in [0.29, 0.717) is 11.8 Å². The molecule has 2 aromatic rings. The molecule has 84 valence electrons. The third-order valence-electron chi connectivity index (χ3n) is 2.78. The van der Waals surface area contributed by atoms with E-state index in [9.17, 15) is 9.59 Å². The van der Waals surface area contributed by atoms with E-state index in [1.54, 1.807) is 13.1 Å². The van der Waals surface area contributed by atoms with Crippen molar-refractivity contribution in [1.82, 2.24) is 4.57 Å². The second-order valence-corrected chi connectivity index (χ2v) is 4.67. The number of hydrogen-bond acceptors (Lipinski definition) is 3. The molecule has 4 heteroatoms. The van der Waals surface area contributed by atoms with Gasteiger partial charge in [-0.2, -0.15) is 0 Å². The summed E-state index contributed by atoms with van der Waals surface area (Å²) < 4.78 is 2.48. The van der Waals surface area contributed by atoms with Crippen LogP contribution in [0.2, 0.25) is 0 Å². The first kappa shape index (κ1) is 11.1. The fraction of sp³-hybridized carbons (Fsp3) is 0.333. The molecule has 1 atom stereocenters. The molecule has 0 aliphatic rings. The van der Waals surface area contributed by atoms with E-state index in [1.165, 1.54) is 15.9 Å². The summed E-state index contributed by atoms with van der Waals surface area (Å²) in [6.45, 7) is 3.58. The van der Waals surface area contributed by atoms with Gasteiger partial charge in [0.2, 0.25) is 0 Å². The van der Waals surface area contributed by atoms with Crippen molar-refractivity contribution in [3.05, 3.63) is 34.1 Å². The molecule has 0 saturated carbocycles. The normalized spacial score (nSPS) is 12.9.